The second-order valence-electron chi connectivity index (χ2n) is 12.8. The Morgan fingerprint density at radius 1 is 1.13 bits per heavy atom. The van der Waals surface area contributed by atoms with Gasteiger partial charge in [0, 0.05) is 20.1 Å². The van der Waals surface area contributed by atoms with Gasteiger partial charge >= 0.3 is 12.2 Å². The van der Waals surface area contributed by atoms with Crippen LogP contribution in [0.15, 0.2) is 61.7 Å². The Kier molecular flexibility index (Phi) is 11.0. The molecule has 0 unspecified atom stereocenters. The molecule has 3 atom stereocenters. The van der Waals surface area contributed by atoms with Crippen molar-refractivity contribution in [3.63, 3.8) is 0 Å². The molecular formula is C37H48F3N3O3. The number of carbonyl (C=O) groups is 2. The molecule has 2 aromatic rings. The number of halogens is 3. The molecule has 0 aromatic heterocycles. The van der Waals surface area contributed by atoms with Crippen LogP contribution >= 0.6 is 0 Å². The number of benzene rings is 2. The Labute approximate surface area is 271 Å². The minimum atomic E-state index is -4.49. The van der Waals surface area contributed by atoms with Crippen molar-refractivity contribution in [1.29, 1.82) is 0 Å². The molecule has 6 nitrogen and oxygen atoms in total. The van der Waals surface area contributed by atoms with Crippen LogP contribution in [0.1, 0.15) is 92.8 Å². The van der Waals surface area contributed by atoms with Crippen molar-refractivity contribution in [1.82, 2.24) is 14.7 Å². The van der Waals surface area contributed by atoms with Gasteiger partial charge in [0.2, 0.25) is 5.91 Å². The summed E-state index contributed by atoms with van der Waals surface area (Å²) in [6.07, 6.45) is 2.99. The third-order valence-electron chi connectivity index (χ3n) is 9.75. The summed E-state index contributed by atoms with van der Waals surface area (Å²) in [6.45, 7) is 16.8. The van der Waals surface area contributed by atoms with E-state index in [1.807, 2.05) is 36.9 Å². The van der Waals surface area contributed by atoms with E-state index >= 15 is 0 Å². The minimum Gasteiger partial charge on any atom is -0.494 e. The molecule has 0 N–H and O–H groups in total. The predicted molar refractivity (Wildman–Crippen MR) is 176 cm³/mol. The van der Waals surface area contributed by atoms with Crippen LogP contribution in [0.25, 0.3) is 0 Å². The first kappa shape index (κ1) is 35.1. The highest BCUT2D eigenvalue weighted by molar-refractivity contribution is 5.87. The number of hydrogen-bond donors (Lipinski definition) is 0. The summed E-state index contributed by atoms with van der Waals surface area (Å²) in [5.41, 5.74) is 1.44. The van der Waals surface area contributed by atoms with Crippen LogP contribution in [0.4, 0.5) is 18.0 Å². The molecule has 0 aliphatic carbocycles. The SMILES string of the molecule is C=CCC1(CC=C)C[C@H]2[C@H](c3ccc(OCCCC)cc3C)N(C(=O)N(C)[C@H](C)c3cc(CC)cc(C(F)(F)F)c3)CCN2C1=O. The fraction of sp³-hybridized carbons (Fsp3) is 0.514. The van der Waals surface area contributed by atoms with E-state index in [0.29, 0.717) is 50.0 Å². The Morgan fingerprint density at radius 2 is 1.83 bits per heavy atom. The fourth-order valence-electron chi connectivity index (χ4n) is 7.06. The molecule has 3 amide bonds. The van der Waals surface area contributed by atoms with Crippen molar-refractivity contribution in [2.45, 2.75) is 90.5 Å². The number of piperazine rings is 1. The number of carbonyl (C=O) groups excluding carboxylic acids is 2. The highest BCUT2D eigenvalue weighted by Crippen LogP contribution is 2.50. The highest BCUT2D eigenvalue weighted by atomic mass is 19.4. The minimum absolute atomic E-state index is 0.0457. The van der Waals surface area contributed by atoms with Crippen molar-refractivity contribution >= 4 is 11.9 Å². The third-order valence-corrected chi connectivity index (χ3v) is 9.75. The Hall–Kier alpha value is -3.75. The van der Waals surface area contributed by atoms with E-state index in [9.17, 15) is 22.8 Å². The van der Waals surface area contributed by atoms with Crippen molar-refractivity contribution < 1.29 is 27.5 Å². The van der Waals surface area contributed by atoms with Crippen LogP contribution in [-0.4, -0.2) is 59.4 Å². The summed E-state index contributed by atoms with van der Waals surface area (Å²) >= 11 is 0. The van der Waals surface area contributed by atoms with Gasteiger partial charge in [-0.25, -0.2) is 4.79 Å². The second kappa shape index (κ2) is 14.3. The molecule has 2 aliphatic heterocycles. The maximum atomic E-state index is 14.4. The number of fused-ring (bicyclic) bond motifs is 1. The van der Waals surface area contributed by atoms with Crippen LogP contribution in [0, 0.1) is 12.3 Å². The van der Waals surface area contributed by atoms with Crippen molar-refractivity contribution in [3.8, 4) is 5.75 Å². The van der Waals surface area contributed by atoms with Crippen LogP contribution < -0.4 is 4.74 Å². The van der Waals surface area contributed by atoms with Crippen molar-refractivity contribution in [2.75, 3.05) is 26.7 Å². The van der Waals surface area contributed by atoms with Gasteiger partial charge in [-0.1, -0.05) is 44.6 Å². The summed E-state index contributed by atoms with van der Waals surface area (Å²) < 4.78 is 47.3. The van der Waals surface area contributed by atoms with Gasteiger partial charge in [-0.05, 0) is 92.5 Å². The van der Waals surface area contributed by atoms with E-state index in [4.69, 9.17) is 4.74 Å². The normalized spacial score (nSPS) is 19.9. The monoisotopic (exact) mass is 639 g/mol. The first-order valence-electron chi connectivity index (χ1n) is 16.3. The number of hydrogen-bond acceptors (Lipinski definition) is 3. The average Bonchev–Trinajstić information content (AvgIpc) is 3.30. The maximum absolute atomic E-state index is 14.4. The van der Waals surface area contributed by atoms with Crippen molar-refractivity contribution in [3.05, 3.63) is 89.5 Å². The number of aryl methyl sites for hydroxylation is 2. The zero-order valence-electron chi connectivity index (χ0n) is 27.8. The van der Waals surface area contributed by atoms with Crippen molar-refractivity contribution in [2.24, 2.45) is 5.41 Å². The largest absolute Gasteiger partial charge is 0.494 e. The number of rotatable bonds is 12. The lowest BCUT2D eigenvalue weighted by Gasteiger charge is -2.47. The molecule has 0 radical (unpaired) electrons. The number of unbranched alkanes of at least 4 members (excludes halogenated alkanes) is 1. The molecule has 46 heavy (non-hydrogen) atoms. The molecule has 2 aliphatic rings. The molecule has 0 bridgehead atoms. The summed E-state index contributed by atoms with van der Waals surface area (Å²) in [5, 5.41) is 0. The van der Waals surface area contributed by atoms with Crippen LogP contribution in [-0.2, 0) is 17.4 Å². The van der Waals surface area contributed by atoms with E-state index in [0.717, 1.165) is 35.8 Å². The highest BCUT2D eigenvalue weighted by Gasteiger charge is 2.56. The van der Waals surface area contributed by atoms with Gasteiger partial charge in [0.15, 0.2) is 0 Å². The molecule has 0 saturated carbocycles. The second-order valence-corrected chi connectivity index (χ2v) is 12.8. The van der Waals surface area contributed by atoms with Crippen LogP contribution in [0.3, 0.4) is 0 Å². The molecule has 4 rings (SSSR count). The quantitative estimate of drug-likeness (QED) is 0.173. The number of allylic oxidation sites excluding steroid dienone is 2. The average molecular weight is 640 g/mol. The lowest BCUT2D eigenvalue weighted by Crippen LogP contribution is -2.57. The topological polar surface area (TPSA) is 53.1 Å². The van der Waals surface area contributed by atoms with E-state index in [1.165, 1.54) is 11.0 Å². The van der Waals surface area contributed by atoms with E-state index < -0.39 is 29.2 Å². The third kappa shape index (κ3) is 6.98. The van der Waals surface area contributed by atoms with Gasteiger partial charge in [0.25, 0.3) is 0 Å². The molecule has 2 fully saturated rings. The standard InChI is InChI=1S/C37H48F3N3O3/c1-8-12-19-46-30-13-14-31(25(5)20-30)33-32-24-36(15-9-2,16-10-3)34(44)42(32)17-18-43(33)35(45)41(7)26(6)28-21-27(11-4)22-29(23-28)37(38,39)40/h9-10,13-14,20-23,26,32-33H,2-3,8,11-12,15-19,24H2,1,4-7H3/t26-,32+,33+/m1/s1. The molecule has 250 valence electrons. The lowest BCUT2D eigenvalue weighted by atomic mass is 9.76. The van der Waals surface area contributed by atoms with Crippen LogP contribution in [0.2, 0.25) is 0 Å². The molecule has 2 heterocycles. The number of urea groups is 1. The van der Waals surface area contributed by atoms with Gasteiger partial charge in [0.05, 0.1) is 35.7 Å². The zero-order chi connectivity index (χ0) is 33.8. The Bertz CT molecular complexity index is 1430. The number of alkyl halides is 3. The fourth-order valence-corrected chi connectivity index (χ4v) is 7.06. The van der Waals surface area contributed by atoms with E-state index in [-0.39, 0.29) is 24.5 Å². The molecule has 2 saturated heterocycles. The van der Waals surface area contributed by atoms with Crippen LogP contribution in [0.5, 0.6) is 5.75 Å². The van der Waals surface area contributed by atoms with Gasteiger partial charge < -0.3 is 19.4 Å². The van der Waals surface area contributed by atoms with Gasteiger partial charge in [0.1, 0.15) is 5.75 Å². The van der Waals surface area contributed by atoms with E-state index in [1.54, 1.807) is 37.1 Å². The Morgan fingerprint density at radius 3 is 2.41 bits per heavy atom. The predicted octanol–water partition coefficient (Wildman–Crippen LogP) is 8.66. The van der Waals surface area contributed by atoms with E-state index in [2.05, 4.69) is 20.1 Å². The first-order chi connectivity index (χ1) is 21.8. The molecule has 9 heteroatoms. The molecule has 0 spiro atoms. The first-order valence-corrected chi connectivity index (χ1v) is 16.3. The smallest absolute Gasteiger partial charge is 0.416 e. The number of amides is 3. The lowest BCUT2D eigenvalue weighted by molar-refractivity contribution is -0.139. The van der Waals surface area contributed by atoms with Gasteiger partial charge in [-0.15, -0.1) is 13.2 Å². The molecule has 2 aromatic carbocycles. The molecular weight excluding hydrogens is 591 g/mol. The number of ether oxygens (including phenoxy) is 1. The maximum Gasteiger partial charge on any atom is 0.416 e. The summed E-state index contributed by atoms with van der Waals surface area (Å²) in [6, 6.07) is 8.25. The van der Waals surface area contributed by atoms with Gasteiger partial charge in [-0.2, -0.15) is 13.2 Å². The summed E-state index contributed by atoms with van der Waals surface area (Å²) in [7, 11) is 1.64. The Balaban J connectivity index is 1.74. The summed E-state index contributed by atoms with van der Waals surface area (Å²) in [5.74, 6) is 0.793. The van der Waals surface area contributed by atoms with Gasteiger partial charge in [-0.3, -0.25) is 4.79 Å². The summed E-state index contributed by atoms with van der Waals surface area (Å²) in [4.78, 5) is 33.7. The zero-order valence-corrected chi connectivity index (χ0v) is 27.8. The number of nitrogens with zero attached hydrogens (tertiary/aromatic N) is 3.